The van der Waals surface area contributed by atoms with Crippen molar-refractivity contribution >= 4 is 10.9 Å². The molecule has 0 spiro atoms. The second-order valence-electron chi connectivity index (χ2n) is 4.12. The molecular formula is C14H13N3O. The lowest BCUT2D eigenvalue weighted by Gasteiger charge is -2.05. The quantitative estimate of drug-likeness (QED) is 0.748. The second kappa shape index (κ2) is 4.14. The van der Waals surface area contributed by atoms with Crippen LogP contribution < -0.4 is 4.74 Å². The van der Waals surface area contributed by atoms with E-state index in [1.807, 2.05) is 37.3 Å². The van der Waals surface area contributed by atoms with Gasteiger partial charge in [-0.25, -0.2) is 0 Å². The standard InChI is InChI=1S/C14H13N3O/c1-9-13-12(17-16-9)6-7-15-14(13)10-4-3-5-11(8-10)18-2/h3-8H,1-2H3,(H,16,17). The fourth-order valence-corrected chi connectivity index (χ4v) is 2.11. The van der Waals surface area contributed by atoms with Gasteiger partial charge in [0, 0.05) is 17.1 Å². The number of aromatic amines is 1. The van der Waals surface area contributed by atoms with Crippen molar-refractivity contribution in [1.29, 1.82) is 0 Å². The molecule has 1 aromatic carbocycles. The Balaban J connectivity index is 2.27. The zero-order valence-corrected chi connectivity index (χ0v) is 10.3. The van der Waals surface area contributed by atoms with Crippen molar-refractivity contribution in [1.82, 2.24) is 15.2 Å². The Morgan fingerprint density at radius 2 is 2.11 bits per heavy atom. The van der Waals surface area contributed by atoms with Crippen LogP contribution in [-0.2, 0) is 0 Å². The van der Waals surface area contributed by atoms with Gasteiger partial charge in [-0.2, -0.15) is 5.10 Å². The Kier molecular flexibility index (Phi) is 2.48. The zero-order chi connectivity index (χ0) is 12.5. The molecule has 4 nitrogen and oxygen atoms in total. The third-order valence-corrected chi connectivity index (χ3v) is 3.00. The van der Waals surface area contributed by atoms with Crippen LogP contribution in [0.3, 0.4) is 0 Å². The molecule has 3 aromatic rings. The summed E-state index contributed by atoms with van der Waals surface area (Å²) in [5, 5.41) is 8.29. The largest absolute Gasteiger partial charge is 0.497 e. The van der Waals surface area contributed by atoms with Gasteiger partial charge in [-0.05, 0) is 25.1 Å². The lowest BCUT2D eigenvalue weighted by Crippen LogP contribution is -1.87. The molecule has 0 aliphatic carbocycles. The minimum atomic E-state index is 0.826. The van der Waals surface area contributed by atoms with Gasteiger partial charge in [-0.1, -0.05) is 12.1 Å². The highest BCUT2D eigenvalue weighted by Gasteiger charge is 2.10. The number of nitrogens with one attached hydrogen (secondary N) is 1. The number of aromatic nitrogens is 3. The van der Waals surface area contributed by atoms with E-state index in [0.717, 1.165) is 33.6 Å². The predicted molar refractivity (Wildman–Crippen MR) is 70.6 cm³/mol. The van der Waals surface area contributed by atoms with Crippen molar-refractivity contribution in [2.24, 2.45) is 0 Å². The van der Waals surface area contributed by atoms with Crippen molar-refractivity contribution in [2.75, 3.05) is 7.11 Å². The van der Waals surface area contributed by atoms with Crippen molar-refractivity contribution in [2.45, 2.75) is 6.92 Å². The number of hydrogen-bond acceptors (Lipinski definition) is 3. The molecule has 1 N–H and O–H groups in total. The summed E-state index contributed by atoms with van der Waals surface area (Å²) in [6, 6.07) is 9.82. The number of pyridine rings is 1. The molecule has 18 heavy (non-hydrogen) atoms. The van der Waals surface area contributed by atoms with Gasteiger partial charge in [0.2, 0.25) is 0 Å². The fraction of sp³-hybridized carbons (Fsp3) is 0.143. The maximum atomic E-state index is 5.25. The number of ether oxygens (including phenoxy) is 1. The van der Waals surface area contributed by atoms with Crippen molar-refractivity contribution in [3.63, 3.8) is 0 Å². The Hall–Kier alpha value is -2.36. The first-order valence-corrected chi connectivity index (χ1v) is 5.73. The van der Waals surface area contributed by atoms with Gasteiger partial charge < -0.3 is 4.74 Å². The Morgan fingerprint density at radius 1 is 1.22 bits per heavy atom. The first kappa shape index (κ1) is 10.8. The van der Waals surface area contributed by atoms with E-state index < -0.39 is 0 Å². The van der Waals surface area contributed by atoms with Crippen LogP contribution >= 0.6 is 0 Å². The predicted octanol–water partition coefficient (Wildman–Crippen LogP) is 2.94. The normalized spacial score (nSPS) is 10.8. The topological polar surface area (TPSA) is 50.8 Å². The Bertz CT molecular complexity index is 703. The molecule has 90 valence electrons. The van der Waals surface area contributed by atoms with E-state index in [9.17, 15) is 0 Å². The highest BCUT2D eigenvalue weighted by atomic mass is 16.5. The maximum absolute atomic E-state index is 5.25. The lowest BCUT2D eigenvalue weighted by atomic mass is 10.1. The maximum Gasteiger partial charge on any atom is 0.119 e. The van der Waals surface area contributed by atoms with Gasteiger partial charge >= 0.3 is 0 Å². The van der Waals surface area contributed by atoms with E-state index in [1.165, 1.54) is 0 Å². The summed E-state index contributed by atoms with van der Waals surface area (Å²) in [5.41, 5.74) is 3.92. The molecule has 0 amide bonds. The number of H-pyrrole nitrogens is 1. The molecular weight excluding hydrogens is 226 g/mol. The summed E-state index contributed by atoms with van der Waals surface area (Å²) in [6.07, 6.45) is 1.79. The van der Waals surface area contributed by atoms with Crippen LogP contribution in [0.1, 0.15) is 5.69 Å². The van der Waals surface area contributed by atoms with Gasteiger partial charge in [0.1, 0.15) is 5.75 Å². The molecule has 2 heterocycles. The van der Waals surface area contributed by atoms with Gasteiger partial charge in [0.05, 0.1) is 24.0 Å². The first-order valence-electron chi connectivity index (χ1n) is 5.73. The van der Waals surface area contributed by atoms with Crippen LogP contribution in [0.4, 0.5) is 0 Å². The molecule has 0 saturated heterocycles. The highest BCUT2D eigenvalue weighted by molar-refractivity contribution is 5.94. The molecule has 0 unspecified atom stereocenters. The number of methoxy groups -OCH3 is 1. The Morgan fingerprint density at radius 3 is 2.94 bits per heavy atom. The molecule has 0 aliphatic heterocycles. The molecule has 3 rings (SSSR count). The third kappa shape index (κ3) is 1.62. The van der Waals surface area contributed by atoms with E-state index in [2.05, 4.69) is 15.2 Å². The van der Waals surface area contributed by atoms with Gasteiger partial charge in [-0.15, -0.1) is 0 Å². The number of aryl methyl sites for hydroxylation is 1. The first-order chi connectivity index (χ1) is 8.79. The van der Waals surface area contributed by atoms with Crippen LogP contribution in [-0.4, -0.2) is 22.3 Å². The molecule has 4 heteroatoms. The van der Waals surface area contributed by atoms with Crippen molar-refractivity contribution < 1.29 is 4.74 Å². The molecule has 0 fully saturated rings. The third-order valence-electron chi connectivity index (χ3n) is 3.00. The summed E-state index contributed by atoms with van der Waals surface area (Å²) in [7, 11) is 1.66. The summed E-state index contributed by atoms with van der Waals surface area (Å²) >= 11 is 0. The van der Waals surface area contributed by atoms with Crippen LogP contribution in [0.2, 0.25) is 0 Å². The minimum Gasteiger partial charge on any atom is -0.497 e. The fourth-order valence-electron chi connectivity index (χ4n) is 2.11. The number of fused-ring (bicyclic) bond motifs is 1. The van der Waals surface area contributed by atoms with Crippen LogP contribution in [0.15, 0.2) is 36.5 Å². The summed E-state index contributed by atoms with van der Waals surface area (Å²) in [6.45, 7) is 1.98. The van der Waals surface area contributed by atoms with Crippen LogP contribution in [0.5, 0.6) is 5.75 Å². The van der Waals surface area contributed by atoms with Gasteiger partial charge in [-0.3, -0.25) is 10.1 Å². The van der Waals surface area contributed by atoms with Crippen LogP contribution in [0, 0.1) is 6.92 Å². The van der Waals surface area contributed by atoms with Crippen molar-refractivity contribution in [3.05, 3.63) is 42.2 Å². The van der Waals surface area contributed by atoms with Crippen molar-refractivity contribution in [3.8, 4) is 17.0 Å². The average molecular weight is 239 g/mol. The van der Waals surface area contributed by atoms with Gasteiger partial charge in [0.25, 0.3) is 0 Å². The minimum absolute atomic E-state index is 0.826. The molecule has 0 bridgehead atoms. The van der Waals surface area contributed by atoms with E-state index in [4.69, 9.17) is 4.74 Å². The number of benzene rings is 1. The smallest absolute Gasteiger partial charge is 0.119 e. The zero-order valence-electron chi connectivity index (χ0n) is 10.3. The number of rotatable bonds is 2. The lowest BCUT2D eigenvalue weighted by molar-refractivity contribution is 0.415. The van der Waals surface area contributed by atoms with E-state index in [-0.39, 0.29) is 0 Å². The van der Waals surface area contributed by atoms with E-state index >= 15 is 0 Å². The summed E-state index contributed by atoms with van der Waals surface area (Å²) < 4.78 is 5.25. The molecule has 0 radical (unpaired) electrons. The molecule has 2 aromatic heterocycles. The Labute approximate surface area is 105 Å². The summed E-state index contributed by atoms with van der Waals surface area (Å²) in [4.78, 5) is 4.47. The highest BCUT2D eigenvalue weighted by Crippen LogP contribution is 2.29. The second-order valence-corrected chi connectivity index (χ2v) is 4.12. The SMILES string of the molecule is COc1cccc(-c2nccc3[nH]nc(C)c23)c1. The number of nitrogens with zero attached hydrogens (tertiary/aromatic N) is 2. The average Bonchev–Trinajstić information content (AvgIpc) is 2.81. The molecule has 0 saturated carbocycles. The summed E-state index contributed by atoms with van der Waals surface area (Å²) in [5.74, 6) is 0.826. The number of hydrogen-bond donors (Lipinski definition) is 1. The van der Waals surface area contributed by atoms with E-state index in [1.54, 1.807) is 13.3 Å². The molecule has 0 aliphatic rings. The van der Waals surface area contributed by atoms with E-state index in [0.29, 0.717) is 0 Å². The van der Waals surface area contributed by atoms with Gasteiger partial charge in [0.15, 0.2) is 0 Å². The monoisotopic (exact) mass is 239 g/mol. The molecule has 0 atom stereocenters. The van der Waals surface area contributed by atoms with Crippen LogP contribution in [0.25, 0.3) is 22.2 Å².